The highest BCUT2D eigenvalue weighted by atomic mass is 32.1. The monoisotopic (exact) mass is 469 g/mol. The molecule has 2 amide bonds. The minimum Gasteiger partial charge on any atom is -0.497 e. The summed E-state index contributed by atoms with van der Waals surface area (Å²) in [5, 5.41) is 3.22. The Morgan fingerprint density at radius 2 is 1.73 bits per heavy atom. The second kappa shape index (κ2) is 10.9. The zero-order valence-electron chi connectivity index (χ0n) is 18.9. The van der Waals surface area contributed by atoms with Crippen molar-refractivity contribution in [1.29, 1.82) is 0 Å². The maximum Gasteiger partial charge on any atom is 0.337 e. The topological polar surface area (TPSA) is 88.2 Å². The molecular weight excluding hydrogens is 442 g/mol. The van der Waals surface area contributed by atoms with Gasteiger partial charge in [-0.25, -0.2) is 4.79 Å². The fraction of sp³-hybridized carbons (Fsp3) is 0.333. The second-order valence-corrected chi connectivity index (χ2v) is 7.86. The number of hydrogen-bond donors (Lipinski definition) is 1. The average Bonchev–Trinajstić information content (AvgIpc) is 3.05. The number of anilines is 1. The van der Waals surface area contributed by atoms with E-state index in [1.807, 2.05) is 36.1 Å². The van der Waals surface area contributed by atoms with Gasteiger partial charge >= 0.3 is 5.97 Å². The Morgan fingerprint density at radius 3 is 2.30 bits per heavy atom. The van der Waals surface area contributed by atoms with Gasteiger partial charge in [0.2, 0.25) is 5.91 Å². The predicted octanol–water partition coefficient (Wildman–Crippen LogP) is 2.87. The van der Waals surface area contributed by atoms with Gasteiger partial charge in [0.05, 0.1) is 26.2 Å². The highest BCUT2D eigenvalue weighted by Gasteiger charge is 2.42. The van der Waals surface area contributed by atoms with Crippen LogP contribution in [-0.2, 0) is 20.7 Å². The predicted molar refractivity (Wildman–Crippen MR) is 128 cm³/mol. The number of hydrogen-bond acceptors (Lipinski definition) is 6. The number of carbonyl (C=O) groups is 3. The molecule has 0 bridgehead atoms. The van der Waals surface area contributed by atoms with Crippen LogP contribution in [0.5, 0.6) is 5.75 Å². The zero-order chi connectivity index (χ0) is 24.0. The summed E-state index contributed by atoms with van der Waals surface area (Å²) in [4.78, 5) is 40.6. The first kappa shape index (κ1) is 24.2. The van der Waals surface area contributed by atoms with Gasteiger partial charge in [-0.2, -0.15) is 0 Å². The minimum absolute atomic E-state index is 0.0309. The first-order chi connectivity index (χ1) is 15.9. The number of likely N-dealkylation sites (N-methyl/N-ethyl adjacent to an activating group) is 1. The number of nitrogens with zero attached hydrogens (tertiary/aromatic N) is 2. The number of rotatable bonds is 9. The van der Waals surface area contributed by atoms with Crippen LogP contribution in [0.2, 0.25) is 0 Å². The van der Waals surface area contributed by atoms with E-state index < -0.39 is 12.0 Å². The van der Waals surface area contributed by atoms with Crippen molar-refractivity contribution in [2.24, 2.45) is 0 Å². The lowest BCUT2D eigenvalue weighted by atomic mass is 10.1. The molecule has 2 aromatic carbocycles. The number of benzene rings is 2. The van der Waals surface area contributed by atoms with Gasteiger partial charge in [0.1, 0.15) is 11.8 Å². The van der Waals surface area contributed by atoms with Crippen molar-refractivity contribution in [2.45, 2.75) is 25.8 Å². The van der Waals surface area contributed by atoms with E-state index in [1.54, 1.807) is 31.4 Å². The van der Waals surface area contributed by atoms with Crippen LogP contribution in [0.25, 0.3) is 0 Å². The van der Waals surface area contributed by atoms with Crippen molar-refractivity contribution in [2.75, 3.05) is 32.6 Å². The first-order valence-electron chi connectivity index (χ1n) is 10.6. The van der Waals surface area contributed by atoms with Gasteiger partial charge in [-0.15, -0.1) is 0 Å². The fourth-order valence-electron chi connectivity index (χ4n) is 3.67. The average molecular weight is 470 g/mol. The number of nitrogens with one attached hydrogen (secondary N) is 1. The molecule has 0 radical (unpaired) electrons. The molecule has 1 unspecified atom stereocenters. The molecule has 1 fully saturated rings. The molecule has 1 aliphatic heterocycles. The molecule has 8 nitrogen and oxygen atoms in total. The molecule has 1 N–H and O–H groups in total. The van der Waals surface area contributed by atoms with Gasteiger partial charge in [0.15, 0.2) is 5.11 Å². The van der Waals surface area contributed by atoms with Crippen LogP contribution in [0, 0.1) is 0 Å². The normalized spacial score (nSPS) is 15.5. The number of esters is 1. The van der Waals surface area contributed by atoms with Gasteiger partial charge < -0.3 is 19.7 Å². The van der Waals surface area contributed by atoms with E-state index in [9.17, 15) is 14.4 Å². The Balaban J connectivity index is 1.67. The molecule has 0 aliphatic carbocycles. The smallest absolute Gasteiger partial charge is 0.337 e. The number of methoxy groups -OCH3 is 2. The lowest BCUT2D eigenvalue weighted by Gasteiger charge is -2.23. The largest absolute Gasteiger partial charge is 0.497 e. The molecule has 0 spiro atoms. The third-order valence-corrected chi connectivity index (χ3v) is 5.94. The Bertz CT molecular complexity index is 1020. The molecule has 1 atom stereocenters. The summed E-state index contributed by atoms with van der Waals surface area (Å²) in [5.41, 5.74) is 1.99. The van der Waals surface area contributed by atoms with Crippen LogP contribution >= 0.6 is 12.2 Å². The zero-order valence-corrected chi connectivity index (χ0v) is 19.7. The Labute approximate surface area is 198 Å². The molecule has 0 aromatic heterocycles. The molecule has 1 aliphatic rings. The maximum absolute atomic E-state index is 12.9. The SMILES string of the molecule is CCN1C(=O)C(CC(=O)Nc2ccc(C(=O)OC)cc2)N(CCc2ccc(OC)cc2)C1=S. The molecule has 0 saturated carbocycles. The lowest BCUT2D eigenvalue weighted by molar-refractivity contribution is -0.130. The van der Waals surface area contributed by atoms with Crippen LogP contribution in [0.4, 0.5) is 5.69 Å². The summed E-state index contributed by atoms with van der Waals surface area (Å²) < 4.78 is 9.86. The third-order valence-electron chi connectivity index (χ3n) is 5.49. The quantitative estimate of drug-likeness (QED) is 0.446. The molecular formula is C24H27N3O5S. The van der Waals surface area contributed by atoms with E-state index in [4.69, 9.17) is 17.0 Å². The molecule has 1 saturated heterocycles. The van der Waals surface area contributed by atoms with E-state index in [-0.39, 0.29) is 18.2 Å². The number of amides is 2. The van der Waals surface area contributed by atoms with Crippen molar-refractivity contribution < 1.29 is 23.9 Å². The van der Waals surface area contributed by atoms with Gasteiger partial charge in [-0.3, -0.25) is 14.5 Å². The van der Waals surface area contributed by atoms with Crippen molar-refractivity contribution in [1.82, 2.24) is 9.80 Å². The van der Waals surface area contributed by atoms with Crippen LogP contribution in [0.1, 0.15) is 29.3 Å². The van der Waals surface area contributed by atoms with Crippen molar-refractivity contribution in [3.05, 3.63) is 59.7 Å². The summed E-state index contributed by atoms with van der Waals surface area (Å²) in [6.07, 6.45) is 0.638. The van der Waals surface area contributed by atoms with E-state index >= 15 is 0 Å². The van der Waals surface area contributed by atoms with E-state index in [0.717, 1.165) is 11.3 Å². The summed E-state index contributed by atoms with van der Waals surface area (Å²) in [7, 11) is 2.92. The molecule has 9 heteroatoms. The number of ether oxygens (including phenoxy) is 2. The van der Waals surface area contributed by atoms with Gasteiger partial charge in [-0.1, -0.05) is 12.1 Å². The van der Waals surface area contributed by atoms with Gasteiger partial charge in [0, 0.05) is 18.8 Å². The molecule has 1 heterocycles. The van der Waals surface area contributed by atoms with Gasteiger partial charge in [0.25, 0.3) is 5.91 Å². The lowest BCUT2D eigenvalue weighted by Crippen LogP contribution is -2.39. The van der Waals surface area contributed by atoms with Crippen LogP contribution in [-0.4, -0.2) is 66.0 Å². The first-order valence-corrected chi connectivity index (χ1v) is 11.0. The number of thiocarbonyl (C=S) groups is 1. The molecule has 33 heavy (non-hydrogen) atoms. The summed E-state index contributed by atoms with van der Waals surface area (Å²) in [6, 6.07) is 13.4. The standard InChI is InChI=1S/C24H27N3O5S/c1-4-26-22(29)20(15-21(28)25-18-9-7-17(8-10-18)23(30)32-3)27(24(26)33)14-13-16-5-11-19(31-2)12-6-16/h5-12,20H,4,13-15H2,1-3H3,(H,25,28). The van der Waals surface area contributed by atoms with Crippen molar-refractivity contribution in [3.63, 3.8) is 0 Å². The second-order valence-electron chi connectivity index (χ2n) is 7.49. The summed E-state index contributed by atoms with van der Waals surface area (Å²) in [5.74, 6) is -0.162. The summed E-state index contributed by atoms with van der Waals surface area (Å²) >= 11 is 5.54. The highest BCUT2D eigenvalue weighted by molar-refractivity contribution is 7.80. The minimum atomic E-state index is -0.662. The van der Waals surface area contributed by atoms with Crippen LogP contribution < -0.4 is 10.1 Å². The maximum atomic E-state index is 12.9. The van der Waals surface area contributed by atoms with E-state index in [1.165, 1.54) is 12.0 Å². The number of carbonyl (C=O) groups excluding carboxylic acids is 3. The van der Waals surface area contributed by atoms with E-state index in [2.05, 4.69) is 10.1 Å². The Hall–Kier alpha value is -3.46. The van der Waals surface area contributed by atoms with Crippen molar-refractivity contribution in [3.8, 4) is 5.75 Å². The van der Waals surface area contributed by atoms with Gasteiger partial charge in [-0.05, 0) is 67.5 Å². The van der Waals surface area contributed by atoms with Crippen molar-refractivity contribution >= 4 is 40.8 Å². The Morgan fingerprint density at radius 1 is 1.06 bits per heavy atom. The van der Waals surface area contributed by atoms with Crippen LogP contribution in [0.15, 0.2) is 48.5 Å². The Kier molecular flexibility index (Phi) is 8.00. The molecule has 174 valence electrons. The molecule has 3 rings (SSSR count). The summed E-state index contributed by atoms with van der Waals surface area (Å²) in [6.45, 7) is 2.82. The highest BCUT2D eigenvalue weighted by Crippen LogP contribution is 2.22. The third kappa shape index (κ3) is 5.67. The van der Waals surface area contributed by atoms with E-state index in [0.29, 0.717) is 35.9 Å². The fourth-order valence-corrected chi connectivity index (χ4v) is 4.11. The van der Waals surface area contributed by atoms with Crippen LogP contribution in [0.3, 0.4) is 0 Å². The molecule has 2 aromatic rings.